The van der Waals surface area contributed by atoms with Crippen LogP contribution in [0, 0.1) is 0 Å². The lowest BCUT2D eigenvalue weighted by molar-refractivity contribution is -0.113. The van der Waals surface area contributed by atoms with Gasteiger partial charge >= 0.3 is 0 Å². The standard InChI is InChI=1S/C21H15ClN2O3S/c22-13-5-8-15(9-6-13)28-12-20(26)23-14-7-10-18(25)16(11-14)21-24-17-3-1-2-4-19(17)27-21/h1-11,25H,12H2,(H,23,26). The number of anilines is 1. The van der Waals surface area contributed by atoms with E-state index in [-0.39, 0.29) is 17.4 Å². The summed E-state index contributed by atoms with van der Waals surface area (Å²) in [6.45, 7) is 0. The summed E-state index contributed by atoms with van der Waals surface area (Å²) in [6.07, 6.45) is 0. The molecule has 0 fully saturated rings. The van der Waals surface area contributed by atoms with Gasteiger partial charge in [-0.1, -0.05) is 23.7 Å². The first-order valence-electron chi connectivity index (χ1n) is 8.46. The minimum absolute atomic E-state index is 0.0279. The number of aromatic hydroxyl groups is 1. The molecule has 0 aliphatic rings. The van der Waals surface area contributed by atoms with Gasteiger partial charge in [-0.05, 0) is 54.6 Å². The smallest absolute Gasteiger partial charge is 0.234 e. The highest BCUT2D eigenvalue weighted by atomic mass is 35.5. The van der Waals surface area contributed by atoms with Gasteiger partial charge in [0.25, 0.3) is 0 Å². The number of hydrogen-bond donors (Lipinski definition) is 2. The average molecular weight is 411 g/mol. The zero-order valence-corrected chi connectivity index (χ0v) is 16.1. The summed E-state index contributed by atoms with van der Waals surface area (Å²) in [7, 11) is 0. The van der Waals surface area contributed by atoms with Crippen LogP contribution in [-0.2, 0) is 4.79 Å². The van der Waals surface area contributed by atoms with Crippen molar-refractivity contribution in [3.8, 4) is 17.2 Å². The van der Waals surface area contributed by atoms with E-state index < -0.39 is 0 Å². The van der Waals surface area contributed by atoms with Gasteiger partial charge in [0.05, 0.1) is 11.3 Å². The number of phenolic OH excluding ortho intramolecular Hbond substituents is 1. The number of fused-ring (bicyclic) bond motifs is 1. The van der Waals surface area contributed by atoms with Gasteiger partial charge in [0.1, 0.15) is 11.3 Å². The molecule has 1 heterocycles. The van der Waals surface area contributed by atoms with Crippen molar-refractivity contribution < 1.29 is 14.3 Å². The third kappa shape index (κ3) is 4.13. The molecule has 7 heteroatoms. The summed E-state index contributed by atoms with van der Waals surface area (Å²) in [5, 5.41) is 13.7. The van der Waals surface area contributed by atoms with Crippen LogP contribution in [0.15, 0.2) is 76.0 Å². The second kappa shape index (κ2) is 7.96. The molecule has 4 rings (SSSR count). The fourth-order valence-electron chi connectivity index (χ4n) is 2.65. The molecule has 0 radical (unpaired) electrons. The second-order valence-corrected chi connectivity index (χ2v) is 7.49. The first kappa shape index (κ1) is 18.4. The highest BCUT2D eigenvalue weighted by Gasteiger charge is 2.14. The number of rotatable bonds is 5. The topological polar surface area (TPSA) is 75.4 Å². The van der Waals surface area contributed by atoms with Gasteiger partial charge in [-0.2, -0.15) is 0 Å². The molecule has 0 saturated heterocycles. The zero-order valence-electron chi connectivity index (χ0n) is 14.6. The lowest BCUT2D eigenvalue weighted by Crippen LogP contribution is -2.13. The van der Waals surface area contributed by atoms with Gasteiger partial charge in [0.15, 0.2) is 5.58 Å². The van der Waals surface area contributed by atoms with Gasteiger partial charge in [0, 0.05) is 15.6 Å². The number of halogens is 1. The summed E-state index contributed by atoms with van der Waals surface area (Å²) >= 11 is 7.28. The molecule has 0 atom stereocenters. The molecule has 5 nitrogen and oxygen atoms in total. The molecule has 140 valence electrons. The highest BCUT2D eigenvalue weighted by molar-refractivity contribution is 8.00. The van der Waals surface area contributed by atoms with Crippen molar-refractivity contribution in [3.05, 3.63) is 71.8 Å². The van der Waals surface area contributed by atoms with Crippen LogP contribution in [0.3, 0.4) is 0 Å². The largest absolute Gasteiger partial charge is 0.507 e. The Labute approximate surface area is 170 Å². The third-order valence-electron chi connectivity index (χ3n) is 3.99. The Hall–Kier alpha value is -2.96. The van der Waals surface area contributed by atoms with Crippen LogP contribution in [0.1, 0.15) is 0 Å². The van der Waals surface area contributed by atoms with Gasteiger partial charge in [0.2, 0.25) is 11.8 Å². The Morgan fingerprint density at radius 1 is 1.11 bits per heavy atom. The van der Waals surface area contributed by atoms with Crippen molar-refractivity contribution >= 4 is 46.1 Å². The van der Waals surface area contributed by atoms with Crippen LogP contribution in [0.2, 0.25) is 5.02 Å². The van der Waals surface area contributed by atoms with Gasteiger partial charge in [-0.3, -0.25) is 4.79 Å². The van der Waals surface area contributed by atoms with Gasteiger partial charge < -0.3 is 14.8 Å². The lowest BCUT2D eigenvalue weighted by Gasteiger charge is -2.08. The van der Waals surface area contributed by atoms with Crippen LogP contribution in [0.5, 0.6) is 5.75 Å². The van der Waals surface area contributed by atoms with Crippen molar-refractivity contribution in [2.24, 2.45) is 0 Å². The number of thioether (sulfide) groups is 1. The Bertz CT molecular complexity index is 1110. The van der Waals surface area contributed by atoms with E-state index in [4.69, 9.17) is 16.0 Å². The quantitative estimate of drug-likeness (QED) is 0.331. The molecule has 0 bridgehead atoms. The maximum atomic E-state index is 12.3. The highest BCUT2D eigenvalue weighted by Crippen LogP contribution is 2.33. The lowest BCUT2D eigenvalue weighted by atomic mass is 10.1. The number of carbonyl (C=O) groups excluding carboxylic acids is 1. The number of oxazole rings is 1. The minimum atomic E-state index is -0.158. The Morgan fingerprint density at radius 3 is 2.68 bits per heavy atom. The molecule has 0 saturated carbocycles. The van der Waals surface area contributed by atoms with Crippen molar-refractivity contribution in [1.29, 1.82) is 0 Å². The second-order valence-electron chi connectivity index (χ2n) is 6.01. The molecule has 0 aliphatic carbocycles. The predicted octanol–water partition coefficient (Wildman–Crippen LogP) is 5.58. The number of nitrogens with zero attached hydrogens (tertiary/aromatic N) is 1. The van der Waals surface area contributed by atoms with E-state index in [1.807, 2.05) is 36.4 Å². The molecule has 1 aromatic heterocycles. The number of aromatic nitrogens is 1. The van der Waals surface area contributed by atoms with E-state index >= 15 is 0 Å². The maximum Gasteiger partial charge on any atom is 0.234 e. The number of nitrogens with one attached hydrogen (secondary N) is 1. The summed E-state index contributed by atoms with van der Waals surface area (Å²) in [6, 6.07) is 19.4. The Balaban J connectivity index is 1.48. The average Bonchev–Trinajstić information content (AvgIpc) is 3.13. The van der Waals surface area contributed by atoms with E-state index in [1.54, 1.807) is 24.3 Å². The van der Waals surface area contributed by atoms with E-state index in [0.717, 1.165) is 4.90 Å². The van der Waals surface area contributed by atoms with Crippen LogP contribution >= 0.6 is 23.4 Å². The number of amides is 1. The molecule has 2 N–H and O–H groups in total. The molecule has 0 aliphatic heterocycles. The number of benzene rings is 3. The fraction of sp³-hybridized carbons (Fsp3) is 0.0476. The van der Waals surface area contributed by atoms with Crippen LogP contribution in [0.4, 0.5) is 5.69 Å². The van der Waals surface area contributed by atoms with E-state index in [2.05, 4.69) is 10.3 Å². The summed E-state index contributed by atoms with van der Waals surface area (Å²) < 4.78 is 5.71. The number of carbonyl (C=O) groups is 1. The molecule has 0 spiro atoms. The molecule has 4 aromatic rings. The van der Waals surface area contributed by atoms with E-state index in [0.29, 0.717) is 33.3 Å². The normalized spacial score (nSPS) is 10.9. The number of para-hydroxylation sites is 2. The molecular formula is C21H15ClN2O3S. The van der Waals surface area contributed by atoms with Crippen molar-refractivity contribution in [2.45, 2.75) is 4.90 Å². The summed E-state index contributed by atoms with van der Waals surface area (Å²) in [4.78, 5) is 17.6. The van der Waals surface area contributed by atoms with Crippen LogP contribution < -0.4 is 5.32 Å². The van der Waals surface area contributed by atoms with Crippen LogP contribution in [-0.4, -0.2) is 21.8 Å². The minimum Gasteiger partial charge on any atom is -0.507 e. The molecule has 0 unspecified atom stereocenters. The molecule has 28 heavy (non-hydrogen) atoms. The van der Waals surface area contributed by atoms with Crippen molar-refractivity contribution in [2.75, 3.05) is 11.1 Å². The summed E-state index contributed by atoms with van der Waals surface area (Å²) in [5.41, 5.74) is 2.30. The number of hydrogen-bond acceptors (Lipinski definition) is 5. The van der Waals surface area contributed by atoms with Crippen molar-refractivity contribution in [3.63, 3.8) is 0 Å². The molecule has 1 amide bonds. The Kier molecular flexibility index (Phi) is 5.23. The predicted molar refractivity (Wildman–Crippen MR) is 112 cm³/mol. The maximum absolute atomic E-state index is 12.3. The zero-order chi connectivity index (χ0) is 19.5. The van der Waals surface area contributed by atoms with Gasteiger partial charge in [-0.15, -0.1) is 11.8 Å². The van der Waals surface area contributed by atoms with E-state index in [9.17, 15) is 9.90 Å². The van der Waals surface area contributed by atoms with E-state index in [1.165, 1.54) is 17.8 Å². The fourth-order valence-corrected chi connectivity index (χ4v) is 3.47. The SMILES string of the molecule is O=C(CSc1ccc(Cl)cc1)Nc1ccc(O)c(-c2nc3ccccc3o2)c1. The monoisotopic (exact) mass is 410 g/mol. The van der Waals surface area contributed by atoms with Crippen LogP contribution in [0.25, 0.3) is 22.6 Å². The molecule has 3 aromatic carbocycles. The van der Waals surface area contributed by atoms with Gasteiger partial charge in [-0.25, -0.2) is 4.98 Å². The summed E-state index contributed by atoms with van der Waals surface area (Å²) in [5.74, 6) is 0.417. The first-order chi connectivity index (χ1) is 13.6. The Morgan fingerprint density at radius 2 is 1.89 bits per heavy atom. The third-order valence-corrected chi connectivity index (χ3v) is 5.25. The number of phenols is 1. The molecular weight excluding hydrogens is 396 g/mol. The first-order valence-corrected chi connectivity index (χ1v) is 9.82. The van der Waals surface area contributed by atoms with Crippen molar-refractivity contribution in [1.82, 2.24) is 4.98 Å².